The lowest BCUT2D eigenvalue weighted by Gasteiger charge is -2.20. The SMILES string of the molecule is O=Cc1c(-c2cccc(Cl)c2)[nH]c2ccc(S(=O)(=O)N3CCCCCC3)cc12. The molecule has 0 unspecified atom stereocenters. The number of H-pyrrole nitrogens is 1. The third-order valence-electron chi connectivity index (χ3n) is 5.24. The summed E-state index contributed by atoms with van der Waals surface area (Å²) in [6.07, 6.45) is 4.63. The lowest BCUT2D eigenvalue weighted by atomic mass is 10.1. The van der Waals surface area contributed by atoms with Gasteiger partial charge in [-0.1, -0.05) is 36.6 Å². The molecule has 0 spiro atoms. The minimum Gasteiger partial charge on any atom is -0.354 e. The van der Waals surface area contributed by atoms with Gasteiger partial charge in [-0.25, -0.2) is 8.42 Å². The van der Waals surface area contributed by atoms with Crippen LogP contribution in [0.2, 0.25) is 5.02 Å². The summed E-state index contributed by atoms with van der Waals surface area (Å²) in [7, 11) is -3.58. The number of benzene rings is 2. The van der Waals surface area contributed by atoms with Crippen molar-refractivity contribution < 1.29 is 13.2 Å². The van der Waals surface area contributed by atoms with E-state index in [4.69, 9.17) is 11.6 Å². The van der Waals surface area contributed by atoms with Crippen molar-refractivity contribution >= 4 is 38.8 Å². The van der Waals surface area contributed by atoms with E-state index >= 15 is 0 Å². The zero-order valence-electron chi connectivity index (χ0n) is 15.3. The molecular formula is C21H21ClN2O3S. The largest absolute Gasteiger partial charge is 0.354 e. The highest BCUT2D eigenvalue weighted by atomic mass is 35.5. The fraction of sp³-hybridized carbons (Fsp3) is 0.286. The van der Waals surface area contributed by atoms with Gasteiger partial charge in [0.2, 0.25) is 10.0 Å². The van der Waals surface area contributed by atoms with Gasteiger partial charge in [0, 0.05) is 40.1 Å². The van der Waals surface area contributed by atoms with Crippen LogP contribution in [0, 0.1) is 0 Å². The molecule has 0 saturated carbocycles. The van der Waals surface area contributed by atoms with Crippen molar-refractivity contribution in [2.45, 2.75) is 30.6 Å². The molecule has 0 aliphatic carbocycles. The standard InChI is InChI=1S/C21H21ClN2O3S/c22-16-7-5-6-15(12-16)21-19(14-25)18-13-17(8-9-20(18)23-21)28(26,27)24-10-3-1-2-4-11-24/h5-9,12-14,23H,1-4,10-11H2. The van der Waals surface area contributed by atoms with Crippen LogP contribution < -0.4 is 0 Å². The van der Waals surface area contributed by atoms with Gasteiger partial charge in [-0.3, -0.25) is 4.79 Å². The number of carbonyl (C=O) groups excluding carboxylic acids is 1. The molecule has 2 aromatic carbocycles. The smallest absolute Gasteiger partial charge is 0.243 e. The van der Waals surface area contributed by atoms with Gasteiger partial charge < -0.3 is 4.98 Å². The highest BCUT2D eigenvalue weighted by molar-refractivity contribution is 7.89. The Balaban J connectivity index is 1.82. The van der Waals surface area contributed by atoms with Crippen molar-refractivity contribution in [3.8, 4) is 11.3 Å². The van der Waals surface area contributed by atoms with E-state index in [2.05, 4.69) is 4.98 Å². The molecular weight excluding hydrogens is 396 g/mol. The lowest BCUT2D eigenvalue weighted by Crippen LogP contribution is -2.31. The number of nitrogens with zero attached hydrogens (tertiary/aromatic N) is 1. The van der Waals surface area contributed by atoms with Crippen LogP contribution in [-0.4, -0.2) is 37.1 Å². The van der Waals surface area contributed by atoms with Crippen LogP contribution in [0.25, 0.3) is 22.2 Å². The van der Waals surface area contributed by atoms with Gasteiger partial charge in [0.1, 0.15) is 0 Å². The van der Waals surface area contributed by atoms with Crippen LogP contribution in [0.15, 0.2) is 47.4 Å². The summed E-state index contributed by atoms with van der Waals surface area (Å²) in [5.74, 6) is 0. The van der Waals surface area contributed by atoms with Crippen molar-refractivity contribution in [1.82, 2.24) is 9.29 Å². The van der Waals surface area contributed by atoms with Crippen molar-refractivity contribution in [3.05, 3.63) is 53.1 Å². The monoisotopic (exact) mass is 416 g/mol. The van der Waals surface area contributed by atoms with Gasteiger partial charge in [-0.15, -0.1) is 0 Å². The molecule has 4 rings (SSSR count). The van der Waals surface area contributed by atoms with Crippen molar-refractivity contribution in [2.75, 3.05) is 13.1 Å². The first-order valence-electron chi connectivity index (χ1n) is 9.38. The number of aromatic amines is 1. The molecule has 0 atom stereocenters. The van der Waals surface area contributed by atoms with E-state index in [1.54, 1.807) is 34.6 Å². The van der Waals surface area contributed by atoms with Gasteiger partial charge >= 0.3 is 0 Å². The van der Waals surface area contributed by atoms with Crippen LogP contribution >= 0.6 is 11.6 Å². The van der Waals surface area contributed by atoms with E-state index in [1.807, 2.05) is 12.1 Å². The van der Waals surface area contributed by atoms with Crippen molar-refractivity contribution in [2.24, 2.45) is 0 Å². The van der Waals surface area contributed by atoms with Crippen LogP contribution in [0.1, 0.15) is 36.0 Å². The Hall–Kier alpha value is -2.15. The molecule has 7 heteroatoms. The van der Waals surface area contributed by atoms with Gasteiger partial charge in [0.15, 0.2) is 6.29 Å². The summed E-state index contributed by atoms with van der Waals surface area (Å²) in [5.41, 5.74) is 2.57. The Labute approximate surface area is 169 Å². The van der Waals surface area contributed by atoms with Crippen LogP contribution in [0.3, 0.4) is 0 Å². The number of sulfonamides is 1. The van der Waals surface area contributed by atoms with Crippen LogP contribution in [0.5, 0.6) is 0 Å². The van der Waals surface area contributed by atoms with Gasteiger partial charge in [0.05, 0.1) is 10.6 Å². The summed E-state index contributed by atoms with van der Waals surface area (Å²) in [5, 5.41) is 1.17. The number of fused-ring (bicyclic) bond motifs is 1. The number of carbonyl (C=O) groups is 1. The van der Waals surface area contributed by atoms with Crippen molar-refractivity contribution in [1.29, 1.82) is 0 Å². The number of nitrogens with one attached hydrogen (secondary N) is 1. The maximum Gasteiger partial charge on any atom is 0.243 e. The quantitative estimate of drug-likeness (QED) is 0.617. The number of aldehydes is 1. The van der Waals surface area contributed by atoms with Crippen LogP contribution in [0.4, 0.5) is 0 Å². The van der Waals surface area contributed by atoms with Gasteiger partial charge in [-0.2, -0.15) is 4.31 Å². The Morgan fingerprint density at radius 1 is 1.00 bits per heavy atom. The average Bonchev–Trinajstić information content (AvgIpc) is 2.85. The first kappa shape index (κ1) is 19.2. The van der Waals surface area contributed by atoms with E-state index in [-0.39, 0.29) is 4.90 Å². The highest BCUT2D eigenvalue weighted by Gasteiger charge is 2.26. The zero-order chi connectivity index (χ0) is 19.7. The minimum atomic E-state index is -3.58. The molecule has 1 fully saturated rings. The van der Waals surface area contributed by atoms with E-state index < -0.39 is 10.0 Å². The molecule has 0 bridgehead atoms. The molecule has 3 aromatic rings. The lowest BCUT2D eigenvalue weighted by molar-refractivity contribution is 0.112. The van der Waals surface area contributed by atoms with E-state index in [1.165, 1.54) is 0 Å². The second kappa shape index (κ2) is 7.70. The van der Waals surface area contributed by atoms with Crippen LogP contribution in [-0.2, 0) is 10.0 Å². The molecule has 0 radical (unpaired) electrons. The fourth-order valence-corrected chi connectivity index (χ4v) is 5.51. The first-order valence-corrected chi connectivity index (χ1v) is 11.2. The first-order chi connectivity index (χ1) is 13.5. The second-order valence-electron chi connectivity index (χ2n) is 7.07. The maximum atomic E-state index is 13.1. The van der Waals surface area contributed by atoms with E-state index in [9.17, 15) is 13.2 Å². The third kappa shape index (κ3) is 3.48. The fourth-order valence-electron chi connectivity index (χ4n) is 3.78. The Morgan fingerprint density at radius 2 is 1.75 bits per heavy atom. The topological polar surface area (TPSA) is 70.2 Å². The predicted octanol–water partition coefficient (Wildman–Crippen LogP) is 4.87. The number of halogens is 1. The normalized spacial score (nSPS) is 16.2. The zero-order valence-corrected chi connectivity index (χ0v) is 16.9. The average molecular weight is 417 g/mol. The summed E-state index contributed by atoms with van der Waals surface area (Å²) in [6, 6.07) is 12.1. The van der Waals surface area contributed by atoms with Crippen molar-refractivity contribution in [3.63, 3.8) is 0 Å². The summed E-state index contributed by atoms with van der Waals surface area (Å²) >= 11 is 6.09. The molecule has 1 aliphatic heterocycles. The molecule has 1 N–H and O–H groups in total. The molecule has 1 saturated heterocycles. The summed E-state index contributed by atoms with van der Waals surface area (Å²) in [6.45, 7) is 1.09. The molecule has 0 amide bonds. The number of hydrogen-bond acceptors (Lipinski definition) is 3. The molecule has 1 aromatic heterocycles. The number of aromatic nitrogens is 1. The Bertz CT molecular complexity index is 1130. The maximum absolute atomic E-state index is 13.1. The number of hydrogen-bond donors (Lipinski definition) is 1. The molecule has 28 heavy (non-hydrogen) atoms. The van der Waals surface area contributed by atoms with Gasteiger partial charge in [0.25, 0.3) is 0 Å². The summed E-state index contributed by atoms with van der Waals surface area (Å²) < 4.78 is 27.8. The second-order valence-corrected chi connectivity index (χ2v) is 9.44. The Kier molecular flexibility index (Phi) is 5.27. The molecule has 2 heterocycles. The number of rotatable bonds is 4. The van der Waals surface area contributed by atoms with E-state index in [0.717, 1.165) is 37.5 Å². The highest BCUT2D eigenvalue weighted by Crippen LogP contribution is 2.32. The van der Waals surface area contributed by atoms with Gasteiger partial charge in [-0.05, 0) is 43.2 Å². The minimum absolute atomic E-state index is 0.224. The predicted molar refractivity (Wildman–Crippen MR) is 111 cm³/mol. The molecule has 5 nitrogen and oxygen atoms in total. The Morgan fingerprint density at radius 3 is 2.43 bits per heavy atom. The summed E-state index contributed by atoms with van der Waals surface area (Å²) in [4.78, 5) is 15.3. The third-order valence-corrected chi connectivity index (χ3v) is 7.37. The van der Waals surface area contributed by atoms with E-state index in [0.29, 0.717) is 40.3 Å². The molecule has 146 valence electrons. The molecule has 1 aliphatic rings.